The molecule has 0 aliphatic heterocycles. The molecular weight excluding hydrogens is 345 g/mol. The summed E-state index contributed by atoms with van der Waals surface area (Å²) in [5.41, 5.74) is 1.64. The number of thiophene rings is 1. The van der Waals surface area contributed by atoms with Gasteiger partial charge in [0.25, 0.3) is 0 Å². The van der Waals surface area contributed by atoms with E-state index in [4.69, 9.17) is 11.6 Å². The molecule has 124 valence electrons. The van der Waals surface area contributed by atoms with Gasteiger partial charge in [0.15, 0.2) is 0 Å². The molecule has 0 saturated carbocycles. The van der Waals surface area contributed by atoms with E-state index in [1.807, 2.05) is 41.8 Å². The van der Waals surface area contributed by atoms with Gasteiger partial charge in [-0.25, -0.2) is 4.39 Å². The number of nitrogens with one attached hydrogen (secondary N) is 1. The summed E-state index contributed by atoms with van der Waals surface area (Å²) in [6.45, 7) is 0. The third-order valence-corrected chi connectivity index (χ3v) is 5.02. The van der Waals surface area contributed by atoms with E-state index in [-0.39, 0.29) is 11.9 Å². The molecule has 5 heteroatoms. The second kappa shape index (κ2) is 7.79. The first-order valence-corrected chi connectivity index (χ1v) is 8.86. The Morgan fingerprint density at radius 2 is 1.75 bits per heavy atom. The van der Waals surface area contributed by atoms with Crippen LogP contribution in [0.4, 0.5) is 10.1 Å². The van der Waals surface area contributed by atoms with Gasteiger partial charge in [0, 0.05) is 22.0 Å². The lowest BCUT2D eigenvalue weighted by Crippen LogP contribution is -2.13. The zero-order valence-corrected chi connectivity index (χ0v) is 14.4. The summed E-state index contributed by atoms with van der Waals surface area (Å²) >= 11 is 7.56. The second-order valence-corrected chi connectivity index (χ2v) is 6.94. The van der Waals surface area contributed by atoms with Crippen molar-refractivity contribution in [1.82, 2.24) is 0 Å². The zero-order valence-electron chi connectivity index (χ0n) is 12.8. The Kier molecular flexibility index (Phi) is 5.51. The van der Waals surface area contributed by atoms with Crippen LogP contribution in [0.25, 0.3) is 0 Å². The second-order valence-electron chi connectivity index (χ2n) is 5.52. The molecule has 0 amide bonds. The van der Waals surface area contributed by atoms with E-state index in [1.165, 1.54) is 12.1 Å². The maximum absolute atomic E-state index is 13.1. The van der Waals surface area contributed by atoms with E-state index in [2.05, 4.69) is 5.32 Å². The highest BCUT2D eigenvalue weighted by Crippen LogP contribution is 2.32. The summed E-state index contributed by atoms with van der Waals surface area (Å²) in [5, 5.41) is 16.7. The summed E-state index contributed by atoms with van der Waals surface area (Å²) in [6, 6.07) is 17.4. The first-order chi connectivity index (χ1) is 11.6. The van der Waals surface area contributed by atoms with Crippen LogP contribution in [0.1, 0.15) is 29.0 Å². The van der Waals surface area contributed by atoms with Gasteiger partial charge in [-0.3, -0.25) is 0 Å². The minimum absolute atomic E-state index is 0.0498. The van der Waals surface area contributed by atoms with Crippen molar-refractivity contribution >= 4 is 28.6 Å². The van der Waals surface area contributed by atoms with Gasteiger partial charge >= 0.3 is 0 Å². The van der Waals surface area contributed by atoms with Gasteiger partial charge in [-0.2, -0.15) is 0 Å². The standard InChI is InChI=1S/C19H17ClFNOS/c20-14-5-9-16(10-6-14)22-17(19-2-1-11-24-19)12-18(23)13-3-7-15(21)8-4-13/h1-11,17-18,22-23H,12H2. The van der Waals surface area contributed by atoms with Crippen molar-refractivity contribution in [3.05, 3.63) is 87.3 Å². The lowest BCUT2D eigenvalue weighted by atomic mass is 10.0. The minimum atomic E-state index is -0.683. The normalized spacial score (nSPS) is 13.5. The minimum Gasteiger partial charge on any atom is -0.388 e. The average molecular weight is 362 g/mol. The molecular formula is C19H17ClFNOS. The number of rotatable bonds is 6. The van der Waals surface area contributed by atoms with Crippen molar-refractivity contribution in [3.8, 4) is 0 Å². The fraction of sp³-hybridized carbons (Fsp3) is 0.158. The van der Waals surface area contributed by atoms with Crippen LogP contribution >= 0.6 is 22.9 Å². The Hall–Kier alpha value is -1.88. The maximum Gasteiger partial charge on any atom is 0.123 e. The molecule has 24 heavy (non-hydrogen) atoms. The van der Waals surface area contributed by atoms with Gasteiger partial charge in [0.05, 0.1) is 12.1 Å². The molecule has 1 aromatic heterocycles. The molecule has 2 unspecified atom stereocenters. The van der Waals surface area contributed by atoms with E-state index < -0.39 is 6.10 Å². The van der Waals surface area contributed by atoms with Crippen LogP contribution in [-0.2, 0) is 0 Å². The molecule has 0 aliphatic carbocycles. The predicted molar refractivity (Wildman–Crippen MR) is 98.1 cm³/mol. The third-order valence-electron chi connectivity index (χ3n) is 3.79. The summed E-state index contributed by atoms with van der Waals surface area (Å²) in [4.78, 5) is 1.13. The molecule has 3 rings (SSSR count). The van der Waals surface area contributed by atoms with Crippen LogP contribution < -0.4 is 5.32 Å². The average Bonchev–Trinajstić information content (AvgIpc) is 3.11. The SMILES string of the molecule is OC(CC(Nc1ccc(Cl)cc1)c1cccs1)c1ccc(F)cc1. The number of aliphatic hydroxyl groups excluding tert-OH is 1. The molecule has 2 N–H and O–H groups in total. The van der Waals surface area contributed by atoms with Crippen molar-refractivity contribution in [2.45, 2.75) is 18.6 Å². The zero-order chi connectivity index (χ0) is 16.9. The highest BCUT2D eigenvalue weighted by Gasteiger charge is 2.19. The fourth-order valence-corrected chi connectivity index (χ4v) is 3.44. The lowest BCUT2D eigenvalue weighted by molar-refractivity contribution is 0.161. The number of benzene rings is 2. The van der Waals surface area contributed by atoms with Gasteiger partial charge in [0.1, 0.15) is 5.82 Å². The van der Waals surface area contributed by atoms with Crippen molar-refractivity contribution in [1.29, 1.82) is 0 Å². The van der Waals surface area contributed by atoms with E-state index in [0.717, 1.165) is 10.6 Å². The monoisotopic (exact) mass is 361 g/mol. The molecule has 0 saturated heterocycles. The van der Waals surface area contributed by atoms with E-state index >= 15 is 0 Å². The van der Waals surface area contributed by atoms with Gasteiger partial charge < -0.3 is 10.4 Å². The maximum atomic E-state index is 13.1. The topological polar surface area (TPSA) is 32.3 Å². The molecule has 0 bridgehead atoms. The molecule has 2 aromatic carbocycles. The Morgan fingerprint density at radius 3 is 2.38 bits per heavy atom. The van der Waals surface area contributed by atoms with Gasteiger partial charge in [-0.15, -0.1) is 11.3 Å². The van der Waals surface area contributed by atoms with Crippen LogP contribution in [0.2, 0.25) is 5.02 Å². The van der Waals surface area contributed by atoms with Crippen LogP contribution in [-0.4, -0.2) is 5.11 Å². The third kappa shape index (κ3) is 4.35. The van der Waals surface area contributed by atoms with Gasteiger partial charge in [-0.05, 0) is 53.4 Å². The van der Waals surface area contributed by atoms with Crippen molar-refractivity contribution < 1.29 is 9.50 Å². The predicted octanol–water partition coefficient (Wildman–Crippen LogP) is 5.82. The number of hydrogen-bond acceptors (Lipinski definition) is 3. The van der Waals surface area contributed by atoms with E-state index in [1.54, 1.807) is 23.5 Å². The number of halogens is 2. The molecule has 0 aliphatic rings. The molecule has 3 aromatic rings. The molecule has 2 nitrogen and oxygen atoms in total. The largest absolute Gasteiger partial charge is 0.388 e. The Morgan fingerprint density at radius 1 is 1.04 bits per heavy atom. The van der Waals surface area contributed by atoms with Gasteiger partial charge in [0.2, 0.25) is 0 Å². The van der Waals surface area contributed by atoms with Crippen LogP contribution in [0.3, 0.4) is 0 Å². The number of aliphatic hydroxyl groups is 1. The molecule has 0 spiro atoms. The molecule has 2 atom stereocenters. The Balaban J connectivity index is 1.77. The van der Waals surface area contributed by atoms with Crippen LogP contribution in [0.15, 0.2) is 66.0 Å². The van der Waals surface area contributed by atoms with E-state index in [9.17, 15) is 9.50 Å². The highest BCUT2D eigenvalue weighted by atomic mass is 35.5. The summed E-state index contributed by atoms with van der Waals surface area (Å²) in [7, 11) is 0. The summed E-state index contributed by atoms with van der Waals surface area (Å²) < 4.78 is 13.1. The van der Waals surface area contributed by atoms with Crippen molar-refractivity contribution in [2.24, 2.45) is 0 Å². The molecule has 0 radical (unpaired) electrons. The Labute approximate surface area is 149 Å². The number of anilines is 1. The quantitative estimate of drug-likeness (QED) is 0.580. The van der Waals surface area contributed by atoms with Gasteiger partial charge in [-0.1, -0.05) is 29.8 Å². The summed E-state index contributed by atoms with van der Waals surface area (Å²) in [6.07, 6.45) is -0.202. The molecule has 0 fully saturated rings. The van der Waals surface area contributed by atoms with E-state index in [0.29, 0.717) is 17.0 Å². The van der Waals surface area contributed by atoms with Crippen molar-refractivity contribution in [3.63, 3.8) is 0 Å². The molecule has 1 heterocycles. The first kappa shape index (κ1) is 17.0. The fourth-order valence-electron chi connectivity index (χ4n) is 2.53. The lowest BCUT2D eigenvalue weighted by Gasteiger charge is -2.22. The first-order valence-electron chi connectivity index (χ1n) is 7.61. The van der Waals surface area contributed by atoms with Crippen LogP contribution in [0, 0.1) is 5.82 Å². The Bertz CT molecular complexity index is 759. The van der Waals surface area contributed by atoms with Crippen LogP contribution in [0.5, 0.6) is 0 Å². The summed E-state index contributed by atoms with van der Waals surface area (Å²) in [5.74, 6) is -0.306. The highest BCUT2D eigenvalue weighted by molar-refractivity contribution is 7.10. The smallest absolute Gasteiger partial charge is 0.123 e. The van der Waals surface area contributed by atoms with Crippen molar-refractivity contribution in [2.75, 3.05) is 5.32 Å². The number of hydrogen-bond donors (Lipinski definition) is 2.